The molecule has 2 heterocycles. The first-order valence-electron chi connectivity index (χ1n) is 25.0. The van der Waals surface area contributed by atoms with E-state index in [0.29, 0.717) is 55.2 Å². The van der Waals surface area contributed by atoms with Gasteiger partial charge in [0.25, 0.3) is 0 Å². The van der Waals surface area contributed by atoms with Crippen LogP contribution in [-0.2, 0) is 67.6 Å². The maximum absolute atomic E-state index is 12.1. The average Bonchev–Trinajstić information content (AvgIpc) is 4.00. The Hall–Kier alpha value is -7.16. The fraction of sp³-hybridized carbons (Fsp3) is 0.322. The van der Waals surface area contributed by atoms with Crippen LogP contribution in [0.25, 0.3) is 21.8 Å². The highest BCUT2D eigenvalue weighted by molar-refractivity contribution is 5.90. The maximum Gasteiger partial charge on any atom is 0.328 e. The molecule has 2 aliphatic carbocycles. The molecular formula is C59H66N4O9. The van der Waals surface area contributed by atoms with Gasteiger partial charge in [0, 0.05) is 65.7 Å². The van der Waals surface area contributed by atoms with E-state index in [1.54, 1.807) is 12.1 Å². The highest BCUT2D eigenvalue weighted by Gasteiger charge is 2.26. The normalized spacial score (nSPS) is 14.0. The summed E-state index contributed by atoms with van der Waals surface area (Å²) in [7, 11) is 0. The Labute approximate surface area is 419 Å². The molecule has 0 radical (unpaired) electrons. The topological polar surface area (TPSA) is 214 Å². The number of pyridine rings is 2. The van der Waals surface area contributed by atoms with Gasteiger partial charge in [-0.1, -0.05) is 100 Å². The molecular weight excluding hydrogens is 909 g/mol. The Morgan fingerprint density at radius 3 is 1.51 bits per heavy atom. The molecule has 0 saturated heterocycles. The van der Waals surface area contributed by atoms with Crippen molar-refractivity contribution in [2.24, 2.45) is 0 Å². The minimum atomic E-state index is -1.26. The average molecular weight is 975 g/mol. The molecule has 13 nitrogen and oxygen atoms in total. The molecule has 0 fully saturated rings. The van der Waals surface area contributed by atoms with Crippen molar-refractivity contribution in [1.29, 1.82) is 0 Å². The first kappa shape index (κ1) is 52.7. The number of fused-ring (bicyclic) bond motifs is 4. The first-order valence-corrected chi connectivity index (χ1v) is 25.0. The highest BCUT2D eigenvalue weighted by atomic mass is 16.5. The van der Waals surface area contributed by atoms with Crippen LogP contribution in [0, 0.1) is 0 Å². The molecule has 2 aromatic heterocycles. The van der Waals surface area contributed by atoms with Crippen molar-refractivity contribution < 1.29 is 34.8 Å². The number of ether oxygens (including phenoxy) is 1. The van der Waals surface area contributed by atoms with Crippen LogP contribution < -0.4 is 26.5 Å². The predicted octanol–water partition coefficient (Wildman–Crippen LogP) is 8.18. The number of aliphatic hydroxyl groups excluding tert-OH is 2. The van der Waals surface area contributed by atoms with Crippen LogP contribution in [0.15, 0.2) is 131 Å². The molecule has 5 aromatic carbocycles. The van der Waals surface area contributed by atoms with E-state index in [2.05, 4.69) is 72.6 Å². The number of hydrogen-bond acceptors (Lipinski definition) is 9. The number of aryl methyl sites for hydroxylation is 4. The summed E-state index contributed by atoms with van der Waals surface area (Å²) < 4.78 is 6.04. The van der Waals surface area contributed by atoms with Gasteiger partial charge in [-0.2, -0.15) is 0 Å². The molecule has 72 heavy (non-hydrogen) atoms. The Balaban J connectivity index is 0.000000188. The summed E-state index contributed by atoms with van der Waals surface area (Å²) in [6.45, 7) is 10.2. The molecule has 2 atom stereocenters. The molecule has 13 heteroatoms. The van der Waals surface area contributed by atoms with Crippen molar-refractivity contribution >= 4 is 33.7 Å². The maximum atomic E-state index is 12.1. The van der Waals surface area contributed by atoms with Gasteiger partial charge in [0.1, 0.15) is 12.4 Å². The van der Waals surface area contributed by atoms with Crippen LogP contribution >= 0.6 is 0 Å². The summed E-state index contributed by atoms with van der Waals surface area (Å²) >= 11 is 0. The van der Waals surface area contributed by atoms with E-state index in [4.69, 9.17) is 14.9 Å². The smallest absolute Gasteiger partial charge is 0.328 e. The quantitative estimate of drug-likeness (QED) is 0.0408. The van der Waals surface area contributed by atoms with Gasteiger partial charge in [-0.05, 0) is 137 Å². The molecule has 0 unspecified atom stereocenters. The summed E-state index contributed by atoms with van der Waals surface area (Å²) in [6, 6.07) is 36.1. The monoisotopic (exact) mass is 974 g/mol. The summed E-state index contributed by atoms with van der Waals surface area (Å²) in [5, 5.41) is 46.4. The van der Waals surface area contributed by atoms with Gasteiger partial charge in [-0.3, -0.25) is 9.59 Å². The predicted molar refractivity (Wildman–Crippen MR) is 283 cm³/mol. The van der Waals surface area contributed by atoms with E-state index in [0.717, 1.165) is 84.3 Å². The van der Waals surface area contributed by atoms with Crippen molar-refractivity contribution in [1.82, 2.24) is 20.6 Å². The van der Waals surface area contributed by atoms with Gasteiger partial charge in [-0.15, -0.1) is 0 Å². The van der Waals surface area contributed by atoms with Crippen molar-refractivity contribution in [3.05, 3.63) is 203 Å². The first-order chi connectivity index (χ1) is 34.8. The lowest BCUT2D eigenvalue weighted by molar-refractivity contribution is -0.134. The fourth-order valence-corrected chi connectivity index (χ4v) is 9.97. The number of aromatic nitrogens is 2. The Morgan fingerprint density at radius 2 is 1.04 bits per heavy atom. The summed E-state index contributed by atoms with van der Waals surface area (Å²) in [6.07, 6.45) is 8.08. The van der Waals surface area contributed by atoms with E-state index in [1.165, 1.54) is 56.6 Å². The Kier molecular flexibility index (Phi) is 18.1. The minimum absolute atomic E-state index is 0.126. The molecule has 9 rings (SSSR count). The third-order valence-electron chi connectivity index (χ3n) is 13.6. The minimum Gasteiger partial charge on any atom is -0.487 e. The van der Waals surface area contributed by atoms with Gasteiger partial charge in [0.2, 0.25) is 11.1 Å². The molecule has 0 saturated carbocycles. The molecule has 0 amide bonds. The van der Waals surface area contributed by atoms with Crippen molar-refractivity contribution in [3.63, 3.8) is 0 Å². The standard InChI is InChI=1S/C31H34N2O3.C24H28N2O2.C4H4O4/c1-3-21-14-23-16-25(17-24(23)15-22(21)4-2)32-18-28(34)26-10-12-29(31-27(26)11-13-30(35)33-31)36-19-20-8-6-5-7-9-20;1-3-15-10-17-12-19(13-18(17)11-16(15)4-2)25-14-23(27)21-6-5-7-22-20(21)8-9-24(28)26-22;5-3(6)1-2-4(7)8/h5-15,25,28,32,34H,3-4,16-19H2,1-2H3,(H,33,35);5-11,19,23,25,27H,3-4,12-14H2,1-2H3,(H,26,28);1-2H,(H,5,6)(H,7,8)/b;;2-1-/t28-;23-;/m00./s1. The van der Waals surface area contributed by atoms with Crippen LogP contribution in [0.4, 0.5) is 0 Å². The number of nitrogens with one attached hydrogen (secondary N) is 4. The summed E-state index contributed by atoms with van der Waals surface area (Å²) in [5.74, 6) is -1.92. The molecule has 0 spiro atoms. The molecule has 2 aliphatic rings. The van der Waals surface area contributed by atoms with E-state index in [1.807, 2.05) is 60.7 Å². The number of carboxylic acids is 2. The number of aromatic amines is 2. The van der Waals surface area contributed by atoms with Crippen molar-refractivity contribution in [3.8, 4) is 5.75 Å². The summed E-state index contributed by atoms with van der Waals surface area (Å²) in [4.78, 5) is 48.5. The van der Waals surface area contributed by atoms with Crippen molar-refractivity contribution in [2.45, 2.75) is 110 Å². The zero-order valence-electron chi connectivity index (χ0n) is 41.5. The third-order valence-corrected chi connectivity index (χ3v) is 13.6. The largest absolute Gasteiger partial charge is 0.487 e. The zero-order valence-corrected chi connectivity index (χ0v) is 41.5. The second kappa shape index (κ2) is 24.8. The lowest BCUT2D eigenvalue weighted by atomic mass is 9.97. The van der Waals surface area contributed by atoms with Crippen LogP contribution in [0.5, 0.6) is 5.75 Å². The molecule has 376 valence electrons. The number of aliphatic carboxylic acids is 2. The van der Waals surface area contributed by atoms with E-state index in [9.17, 15) is 29.4 Å². The number of carbonyl (C=O) groups is 2. The number of rotatable bonds is 17. The number of carboxylic acid groups (broad SMARTS) is 2. The second-order valence-electron chi connectivity index (χ2n) is 18.4. The zero-order chi connectivity index (χ0) is 51.3. The van der Waals surface area contributed by atoms with Crippen LogP contribution in [-0.4, -0.2) is 67.5 Å². The number of H-pyrrole nitrogens is 2. The second-order valence-corrected chi connectivity index (χ2v) is 18.4. The molecule has 0 bridgehead atoms. The number of aliphatic hydroxyl groups is 2. The van der Waals surface area contributed by atoms with Crippen molar-refractivity contribution in [2.75, 3.05) is 13.1 Å². The van der Waals surface area contributed by atoms with Gasteiger partial charge in [-0.25, -0.2) is 9.59 Å². The Morgan fingerprint density at radius 1 is 0.583 bits per heavy atom. The number of benzene rings is 5. The Bertz CT molecular complexity index is 3080. The van der Waals surface area contributed by atoms with E-state index < -0.39 is 24.1 Å². The van der Waals surface area contributed by atoms with Gasteiger partial charge >= 0.3 is 11.9 Å². The molecule has 7 aromatic rings. The van der Waals surface area contributed by atoms with Crippen LogP contribution in [0.2, 0.25) is 0 Å². The van der Waals surface area contributed by atoms with E-state index >= 15 is 0 Å². The SMILES string of the molecule is CCc1cc2c(cc1CC)CC(NC[C@H](O)c1ccc(OCc3ccccc3)c3[nH]c(=O)ccc13)C2.CCc1cc2c(cc1CC)CC(NC[C@H](O)c1cccc3[nH]c(=O)ccc13)C2.O=C(O)/C=C\C(=O)O. The lowest BCUT2D eigenvalue weighted by Gasteiger charge is -2.19. The molecule has 0 aliphatic heterocycles. The van der Waals surface area contributed by atoms with Gasteiger partial charge in [0.15, 0.2) is 0 Å². The van der Waals surface area contributed by atoms with Gasteiger partial charge < -0.3 is 45.8 Å². The molecule has 8 N–H and O–H groups in total. The van der Waals surface area contributed by atoms with Gasteiger partial charge in [0.05, 0.1) is 17.7 Å². The van der Waals surface area contributed by atoms with Crippen LogP contribution in [0.3, 0.4) is 0 Å². The van der Waals surface area contributed by atoms with E-state index in [-0.39, 0.29) is 11.1 Å². The number of hydrogen-bond donors (Lipinski definition) is 8. The third kappa shape index (κ3) is 13.4. The summed E-state index contributed by atoms with van der Waals surface area (Å²) in [5.41, 5.74) is 15.3. The highest BCUT2D eigenvalue weighted by Crippen LogP contribution is 2.32. The lowest BCUT2D eigenvalue weighted by Crippen LogP contribution is -2.33. The fourth-order valence-electron chi connectivity index (χ4n) is 9.97. The van der Waals surface area contributed by atoms with Crippen LogP contribution in [0.1, 0.15) is 101 Å².